The van der Waals surface area contributed by atoms with Gasteiger partial charge in [-0.2, -0.15) is 0 Å². The molecule has 0 bridgehead atoms. The second kappa shape index (κ2) is 5.13. The van der Waals surface area contributed by atoms with E-state index in [1.54, 1.807) is 0 Å². The Labute approximate surface area is 86.0 Å². The van der Waals surface area contributed by atoms with Crippen molar-refractivity contribution in [2.75, 3.05) is 0 Å². The summed E-state index contributed by atoms with van der Waals surface area (Å²) in [6.45, 7) is 6.53. The number of hydrogen-bond donors (Lipinski definition) is 0. The average Bonchev–Trinajstić information content (AvgIpc) is 1.86. The van der Waals surface area contributed by atoms with Gasteiger partial charge in [-0.3, -0.25) is 0 Å². The minimum absolute atomic E-state index is 1.09. The van der Waals surface area contributed by atoms with Gasteiger partial charge in [-0.15, -0.1) is 0 Å². The molecule has 0 unspecified atom stereocenters. The molecular formula is C9H21AsCl2. The summed E-state index contributed by atoms with van der Waals surface area (Å²) in [6.07, 6.45) is 3.41. The summed E-state index contributed by atoms with van der Waals surface area (Å²) in [6, 6.07) is 0. The van der Waals surface area contributed by atoms with E-state index in [1.165, 1.54) is 0 Å². The van der Waals surface area contributed by atoms with Crippen LogP contribution < -0.4 is 0 Å². The topological polar surface area (TPSA) is 0 Å². The van der Waals surface area contributed by atoms with E-state index in [0.29, 0.717) is 0 Å². The predicted molar refractivity (Wildman–Crippen MR) is 62.8 cm³/mol. The fourth-order valence-corrected chi connectivity index (χ4v) is 14.6. The van der Waals surface area contributed by atoms with E-state index in [1.807, 2.05) is 0 Å². The van der Waals surface area contributed by atoms with Gasteiger partial charge in [0.25, 0.3) is 0 Å². The van der Waals surface area contributed by atoms with E-state index in [4.69, 9.17) is 19.9 Å². The summed E-state index contributed by atoms with van der Waals surface area (Å²) in [5.74, 6) is 0. The maximum absolute atomic E-state index is 6.64. The van der Waals surface area contributed by atoms with E-state index in [0.717, 1.165) is 34.9 Å². The van der Waals surface area contributed by atoms with E-state index >= 15 is 0 Å². The summed E-state index contributed by atoms with van der Waals surface area (Å²) < 4.78 is 0. The van der Waals surface area contributed by atoms with E-state index in [9.17, 15) is 0 Å². The van der Waals surface area contributed by atoms with E-state index < -0.39 is 10.6 Å². The molecule has 0 heterocycles. The van der Waals surface area contributed by atoms with Crippen LogP contribution in [0.25, 0.3) is 0 Å². The molecule has 0 aromatic heterocycles. The van der Waals surface area contributed by atoms with Crippen LogP contribution in [0.4, 0.5) is 0 Å². The van der Waals surface area contributed by atoms with Gasteiger partial charge < -0.3 is 0 Å². The summed E-state index contributed by atoms with van der Waals surface area (Å²) in [4.78, 5) is 0. The van der Waals surface area contributed by atoms with Gasteiger partial charge in [0, 0.05) is 0 Å². The van der Waals surface area contributed by atoms with Crippen LogP contribution in [-0.4, -0.2) is 10.6 Å². The Morgan fingerprint density at radius 3 is 1.17 bits per heavy atom. The molecule has 0 radical (unpaired) electrons. The zero-order valence-electron chi connectivity index (χ0n) is 8.45. The number of hydrogen-bond acceptors (Lipinski definition) is 0. The van der Waals surface area contributed by atoms with Crippen LogP contribution in [0.5, 0.6) is 0 Å². The Morgan fingerprint density at radius 1 is 0.750 bits per heavy atom. The molecule has 0 fully saturated rings. The first-order valence-electron chi connectivity index (χ1n) is 4.91. The Kier molecular flexibility index (Phi) is 5.61. The van der Waals surface area contributed by atoms with Crippen molar-refractivity contribution in [3.05, 3.63) is 0 Å². The zero-order valence-corrected chi connectivity index (χ0v) is 11.8. The third-order valence-electron chi connectivity index (χ3n) is 2.13. The van der Waals surface area contributed by atoms with Crippen LogP contribution in [0.15, 0.2) is 0 Å². The molecule has 76 valence electrons. The van der Waals surface area contributed by atoms with E-state index in [2.05, 4.69) is 20.8 Å². The van der Waals surface area contributed by atoms with Gasteiger partial charge in [0.15, 0.2) is 0 Å². The fraction of sp³-hybridized carbons (Fsp3) is 1.00. The first-order chi connectivity index (χ1) is 5.46. The average molecular weight is 275 g/mol. The second-order valence-corrected chi connectivity index (χ2v) is 22.6. The third kappa shape index (κ3) is 4.40. The van der Waals surface area contributed by atoms with Gasteiger partial charge >= 0.3 is 86.1 Å². The van der Waals surface area contributed by atoms with Crippen molar-refractivity contribution in [3.8, 4) is 0 Å². The summed E-state index contributed by atoms with van der Waals surface area (Å²) in [7, 11) is 10.5. The molecule has 0 aromatic rings. The van der Waals surface area contributed by atoms with E-state index in [-0.39, 0.29) is 0 Å². The summed E-state index contributed by atoms with van der Waals surface area (Å²) in [5.41, 5.74) is 0. The minimum atomic E-state index is -2.81. The van der Waals surface area contributed by atoms with Crippen LogP contribution in [-0.2, 0) is 0 Å². The molecule has 0 aliphatic heterocycles. The van der Waals surface area contributed by atoms with Crippen LogP contribution in [0.3, 0.4) is 0 Å². The third-order valence-corrected chi connectivity index (χ3v) is 16.3. The maximum atomic E-state index is 6.64. The number of rotatable bonds is 6. The van der Waals surface area contributed by atoms with Crippen molar-refractivity contribution in [1.82, 2.24) is 0 Å². The fourth-order valence-electron chi connectivity index (χ4n) is 1.79. The molecule has 0 amide bonds. The van der Waals surface area contributed by atoms with Crippen LogP contribution in [0, 0.1) is 0 Å². The Morgan fingerprint density at radius 2 is 1.00 bits per heavy atom. The van der Waals surface area contributed by atoms with Gasteiger partial charge in [0.2, 0.25) is 0 Å². The molecule has 0 aliphatic rings. The van der Waals surface area contributed by atoms with Crippen LogP contribution in [0.2, 0.25) is 15.6 Å². The van der Waals surface area contributed by atoms with Crippen molar-refractivity contribution in [1.29, 1.82) is 0 Å². The standard InChI is InChI=1S/C9H21AsCl2/c1-4-7-10(11,12,8-5-2)9-6-3/h4-9H2,1-3H3. The molecule has 0 rings (SSSR count). The van der Waals surface area contributed by atoms with Crippen molar-refractivity contribution in [2.45, 2.75) is 55.7 Å². The summed E-state index contributed by atoms with van der Waals surface area (Å²) in [5, 5.41) is 3.26. The monoisotopic (exact) mass is 274 g/mol. The molecule has 0 aliphatic carbocycles. The molecule has 0 aromatic carbocycles. The van der Waals surface area contributed by atoms with Gasteiger partial charge in [-0.1, -0.05) is 0 Å². The SMILES string of the molecule is CCC[As](Cl)(Cl)(CCC)CCC. The Balaban J connectivity index is 4.31. The first kappa shape index (κ1) is 13.1. The molecular weight excluding hydrogens is 254 g/mol. The van der Waals surface area contributed by atoms with Crippen LogP contribution >= 0.6 is 19.9 Å². The molecule has 12 heavy (non-hydrogen) atoms. The normalized spacial score (nSPS) is 15.6. The Bertz CT molecular complexity index is 111. The van der Waals surface area contributed by atoms with Crippen molar-refractivity contribution in [2.24, 2.45) is 0 Å². The van der Waals surface area contributed by atoms with Gasteiger partial charge in [-0.05, 0) is 0 Å². The summed E-state index contributed by atoms with van der Waals surface area (Å²) >= 11 is 0. The Hall–Kier alpha value is 1.14. The molecule has 0 N–H and O–H groups in total. The molecule has 3 heteroatoms. The molecule has 0 spiro atoms. The first-order valence-corrected chi connectivity index (χ1v) is 13.8. The number of halogens is 2. The second-order valence-electron chi connectivity index (χ2n) is 3.62. The molecule has 0 saturated carbocycles. The van der Waals surface area contributed by atoms with Crippen molar-refractivity contribution >= 4 is 30.5 Å². The predicted octanol–water partition coefficient (Wildman–Crippen LogP) is 5.09. The van der Waals surface area contributed by atoms with Gasteiger partial charge in [0.05, 0.1) is 0 Å². The molecule has 0 saturated heterocycles. The van der Waals surface area contributed by atoms with Crippen molar-refractivity contribution in [3.63, 3.8) is 0 Å². The van der Waals surface area contributed by atoms with Gasteiger partial charge in [0.1, 0.15) is 0 Å². The van der Waals surface area contributed by atoms with Crippen molar-refractivity contribution < 1.29 is 0 Å². The quantitative estimate of drug-likeness (QED) is 0.592. The van der Waals surface area contributed by atoms with Crippen LogP contribution in [0.1, 0.15) is 40.0 Å². The zero-order chi connectivity index (χ0) is 9.69. The van der Waals surface area contributed by atoms with Gasteiger partial charge in [-0.25, -0.2) is 0 Å². The molecule has 0 atom stereocenters. The molecule has 0 nitrogen and oxygen atoms in total.